The van der Waals surface area contributed by atoms with Crippen LogP contribution in [0.2, 0.25) is 0 Å². The molecular weight excluding hydrogens is 242 g/mol. The zero-order valence-electron chi connectivity index (χ0n) is 12.7. The van der Waals surface area contributed by atoms with Crippen LogP contribution in [0.3, 0.4) is 0 Å². The van der Waals surface area contributed by atoms with E-state index in [-0.39, 0.29) is 12.1 Å². The molecule has 0 bridgehead atoms. The monoisotopic (exact) mass is 267 g/mol. The summed E-state index contributed by atoms with van der Waals surface area (Å²) in [6.45, 7) is 9.82. The first-order valence-corrected chi connectivity index (χ1v) is 6.65. The third-order valence-corrected chi connectivity index (χ3v) is 2.61. The van der Waals surface area contributed by atoms with Gasteiger partial charge in [-0.1, -0.05) is 13.8 Å². The van der Waals surface area contributed by atoms with Crippen molar-refractivity contribution >= 4 is 6.09 Å². The maximum Gasteiger partial charge on any atom is 0.408 e. The van der Waals surface area contributed by atoms with Gasteiger partial charge in [-0.2, -0.15) is 0 Å². The summed E-state index contributed by atoms with van der Waals surface area (Å²) < 4.78 is 7.23. The molecule has 1 heterocycles. The number of carbonyl (C=O) groups is 1. The molecule has 0 fully saturated rings. The molecular formula is C14H25N3O2. The van der Waals surface area contributed by atoms with Crippen LogP contribution >= 0.6 is 0 Å². The van der Waals surface area contributed by atoms with Gasteiger partial charge in [0.15, 0.2) is 0 Å². The minimum Gasteiger partial charge on any atom is -0.444 e. The molecule has 108 valence electrons. The van der Waals surface area contributed by atoms with E-state index in [1.165, 1.54) is 0 Å². The summed E-state index contributed by atoms with van der Waals surface area (Å²) in [6.07, 6.45) is 3.97. The van der Waals surface area contributed by atoms with E-state index in [0.717, 1.165) is 12.1 Å². The zero-order chi connectivity index (χ0) is 14.6. The Kier molecular flexibility index (Phi) is 4.97. The molecule has 0 spiro atoms. The maximum atomic E-state index is 11.9. The topological polar surface area (TPSA) is 56.1 Å². The highest BCUT2D eigenvalue weighted by atomic mass is 16.6. The number of alkyl carbamates (subject to hydrolysis) is 1. The second-order valence-electron chi connectivity index (χ2n) is 6.26. The number of carbonyl (C=O) groups excluding carboxylic acids is 1. The predicted molar refractivity (Wildman–Crippen MR) is 74.8 cm³/mol. The molecule has 0 saturated heterocycles. The van der Waals surface area contributed by atoms with E-state index in [1.54, 1.807) is 12.5 Å². The molecule has 0 saturated carbocycles. The number of aromatic nitrogens is 2. The average Bonchev–Trinajstić information content (AvgIpc) is 2.59. The van der Waals surface area contributed by atoms with Crippen molar-refractivity contribution in [2.75, 3.05) is 0 Å². The summed E-state index contributed by atoms with van der Waals surface area (Å²) in [4.78, 5) is 16.0. The zero-order valence-corrected chi connectivity index (χ0v) is 12.7. The van der Waals surface area contributed by atoms with Crippen molar-refractivity contribution < 1.29 is 9.53 Å². The summed E-state index contributed by atoms with van der Waals surface area (Å²) in [5, 5.41) is 2.93. The lowest BCUT2D eigenvalue weighted by molar-refractivity contribution is 0.0496. The molecule has 0 aliphatic rings. The molecule has 1 N–H and O–H groups in total. The fourth-order valence-corrected chi connectivity index (χ4v) is 1.88. The number of amides is 1. The molecule has 1 amide bonds. The lowest BCUT2D eigenvalue weighted by Gasteiger charge is -2.24. The Balaban J connectivity index is 2.76. The van der Waals surface area contributed by atoms with Gasteiger partial charge in [0.25, 0.3) is 0 Å². The number of rotatable bonds is 4. The fraction of sp³-hybridized carbons (Fsp3) is 0.714. The van der Waals surface area contributed by atoms with Gasteiger partial charge >= 0.3 is 6.09 Å². The van der Waals surface area contributed by atoms with Gasteiger partial charge < -0.3 is 14.6 Å². The molecule has 0 aromatic carbocycles. The molecule has 1 aromatic heterocycles. The highest BCUT2D eigenvalue weighted by molar-refractivity contribution is 5.68. The summed E-state index contributed by atoms with van der Waals surface area (Å²) in [5.41, 5.74) is 0.499. The van der Waals surface area contributed by atoms with Crippen molar-refractivity contribution in [2.45, 2.75) is 52.7 Å². The Morgan fingerprint density at radius 3 is 2.53 bits per heavy atom. The molecule has 1 unspecified atom stereocenters. The first-order valence-electron chi connectivity index (χ1n) is 6.65. The van der Waals surface area contributed by atoms with Crippen molar-refractivity contribution in [1.82, 2.24) is 14.9 Å². The molecule has 19 heavy (non-hydrogen) atoms. The third kappa shape index (κ3) is 5.32. The molecule has 0 radical (unpaired) electrons. The van der Waals surface area contributed by atoms with Crippen molar-refractivity contribution in [3.8, 4) is 0 Å². The fourth-order valence-electron chi connectivity index (χ4n) is 1.88. The standard InChI is InChI=1S/C14H25N3O2/c1-10(2)7-11(12-8-15-9-17(12)6)16-13(18)19-14(3,4)5/h8-11H,7H2,1-6H3,(H,16,18). The molecule has 1 aromatic rings. The van der Waals surface area contributed by atoms with E-state index in [1.807, 2.05) is 32.4 Å². The van der Waals surface area contributed by atoms with E-state index in [4.69, 9.17) is 4.74 Å². The van der Waals surface area contributed by atoms with E-state index < -0.39 is 5.60 Å². The number of nitrogens with one attached hydrogen (secondary N) is 1. The van der Waals surface area contributed by atoms with Crippen molar-refractivity contribution in [1.29, 1.82) is 0 Å². The van der Waals surface area contributed by atoms with Gasteiger partial charge in [-0.3, -0.25) is 0 Å². The van der Waals surface area contributed by atoms with Crippen LogP contribution in [0.1, 0.15) is 52.8 Å². The van der Waals surface area contributed by atoms with Crippen LogP contribution in [-0.2, 0) is 11.8 Å². The van der Waals surface area contributed by atoms with Crippen LogP contribution in [0.15, 0.2) is 12.5 Å². The van der Waals surface area contributed by atoms with E-state index >= 15 is 0 Å². The number of hydrogen-bond donors (Lipinski definition) is 1. The van der Waals surface area contributed by atoms with Gasteiger partial charge in [-0.05, 0) is 33.1 Å². The minimum absolute atomic E-state index is 0.0812. The van der Waals surface area contributed by atoms with Crippen LogP contribution in [0.25, 0.3) is 0 Å². The van der Waals surface area contributed by atoms with E-state index in [2.05, 4.69) is 24.1 Å². The molecule has 5 heteroatoms. The van der Waals surface area contributed by atoms with Crippen LogP contribution in [0, 0.1) is 5.92 Å². The normalized spacial score (nSPS) is 13.4. The smallest absolute Gasteiger partial charge is 0.408 e. The predicted octanol–water partition coefficient (Wildman–Crippen LogP) is 3.03. The van der Waals surface area contributed by atoms with E-state index in [9.17, 15) is 4.79 Å². The van der Waals surface area contributed by atoms with Crippen LogP contribution in [0.5, 0.6) is 0 Å². The molecule has 1 atom stereocenters. The molecule has 0 aliphatic carbocycles. The highest BCUT2D eigenvalue weighted by Crippen LogP contribution is 2.21. The van der Waals surface area contributed by atoms with Crippen LogP contribution < -0.4 is 5.32 Å². The molecule has 0 aliphatic heterocycles. The van der Waals surface area contributed by atoms with Gasteiger partial charge in [0, 0.05) is 7.05 Å². The molecule has 5 nitrogen and oxygen atoms in total. The van der Waals surface area contributed by atoms with Gasteiger partial charge in [0.2, 0.25) is 0 Å². The van der Waals surface area contributed by atoms with Gasteiger partial charge in [-0.15, -0.1) is 0 Å². The summed E-state index contributed by atoms with van der Waals surface area (Å²) in [6, 6.07) is -0.0812. The number of ether oxygens (including phenoxy) is 1. The van der Waals surface area contributed by atoms with Gasteiger partial charge in [-0.25, -0.2) is 9.78 Å². The lowest BCUT2D eigenvalue weighted by atomic mass is 10.0. The van der Waals surface area contributed by atoms with Crippen LogP contribution in [-0.4, -0.2) is 21.2 Å². The Hall–Kier alpha value is -1.52. The molecule has 1 rings (SSSR count). The number of hydrogen-bond acceptors (Lipinski definition) is 3. The first-order chi connectivity index (χ1) is 8.69. The van der Waals surface area contributed by atoms with Crippen molar-refractivity contribution in [2.24, 2.45) is 13.0 Å². The van der Waals surface area contributed by atoms with Crippen molar-refractivity contribution in [3.63, 3.8) is 0 Å². The Morgan fingerprint density at radius 2 is 2.11 bits per heavy atom. The summed E-state index contributed by atoms with van der Waals surface area (Å²) >= 11 is 0. The minimum atomic E-state index is -0.487. The summed E-state index contributed by atoms with van der Waals surface area (Å²) in [7, 11) is 1.92. The Labute approximate surface area is 115 Å². The quantitative estimate of drug-likeness (QED) is 0.912. The average molecular weight is 267 g/mol. The lowest BCUT2D eigenvalue weighted by Crippen LogP contribution is -2.36. The number of imidazole rings is 1. The maximum absolute atomic E-state index is 11.9. The number of aryl methyl sites for hydroxylation is 1. The second-order valence-corrected chi connectivity index (χ2v) is 6.26. The SMILES string of the molecule is CC(C)CC(NC(=O)OC(C)(C)C)c1cncn1C. The van der Waals surface area contributed by atoms with Gasteiger partial charge in [0.05, 0.1) is 24.3 Å². The first kappa shape index (κ1) is 15.5. The summed E-state index contributed by atoms with van der Waals surface area (Å²) in [5.74, 6) is 0.467. The second kappa shape index (κ2) is 6.08. The Morgan fingerprint density at radius 1 is 1.47 bits per heavy atom. The third-order valence-electron chi connectivity index (χ3n) is 2.61. The Bertz CT molecular complexity index is 419. The van der Waals surface area contributed by atoms with Crippen LogP contribution in [0.4, 0.5) is 4.79 Å². The van der Waals surface area contributed by atoms with Gasteiger partial charge in [0.1, 0.15) is 5.60 Å². The highest BCUT2D eigenvalue weighted by Gasteiger charge is 2.22. The number of nitrogens with zero attached hydrogens (tertiary/aromatic N) is 2. The largest absolute Gasteiger partial charge is 0.444 e. The van der Waals surface area contributed by atoms with Crippen molar-refractivity contribution in [3.05, 3.63) is 18.2 Å². The van der Waals surface area contributed by atoms with E-state index in [0.29, 0.717) is 5.92 Å².